The zero-order chi connectivity index (χ0) is 42.3. The number of ether oxygens (including phenoxy) is 2. The van der Waals surface area contributed by atoms with E-state index < -0.39 is 58.9 Å². The third kappa shape index (κ3) is 14.3. The quantitative estimate of drug-likeness (QED) is 0.0585. The molecule has 6 N–H and O–H groups in total. The minimum Gasteiger partial charge on any atom is -0.458 e. The van der Waals surface area contributed by atoms with Crippen LogP contribution in [-0.4, -0.2) is 91.9 Å². The van der Waals surface area contributed by atoms with Crippen LogP contribution in [0.25, 0.3) is 0 Å². The second-order valence-electron chi connectivity index (χ2n) is 15.7. The number of hydrogen-bond donors (Lipinski definition) is 6. The van der Waals surface area contributed by atoms with Gasteiger partial charge in [0.1, 0.15) is 34.7 Å². The van der Waals surface area contributed by atoms with E-state index >= 15 is 0 Å². The fraction of sp³-hybridized carbons (Fsp3) is 0.429. The van der Waals surface area contributed by atoms with Crippen molar-refractivity contribution < 1.29 is 38.2 Å². The van der Waals surface area contributed by atoms with Crippen molar-refractivity contribution in [3.8, 4) is 0 Å². The summed E-state index contributed by atoms with van der Waals surface area (Å²) in [5.41, 5.74) is -0.279. The molecule has 0 fully saturated rings. The molecular weight excluding hydrogens is 745 g/mol. The summed E-state index contributed by atoms with van der Waals surface area (Å²) in [5.74, 6) is -3.66. The number of carbonyl (C=O) groups excluding carboxylic acids is 6. The number of benzene rings is 2. The Morgan fingerprint density at radius 1 is 0.552 bits per heavy atom. The molecule has 0 aliphatic carbocycles. The third-order valence-electron chi connectivity index (χ3n) is 8.40. The standard InChI is InChI=1S/C42H54N8O8/c1-41(2,3)57-39(55)29(23-27-17-11-9-12-18-27)49-37(53)33-31(45-25-47-33)35(51)43-21-15-7-8-16-22-44-36(52)32-34(48-26-46-32)38(54)50-30(40(56)58-42(4,5)6)24-28-19-13-10-14-20-28/h9-14,17-20,25-26,29-30H,7-8,15-16,21-24H2,1-6H3,(H,43,51)(H,44,52)(H,45,47)(H,46,48)(H,49,53)(H,50,54)/t29-,30-/m0/s1. The summed E-state index contributed by atoms with van der Waals surface area (Å²) >= 11 is 0. The van der Waals surface area contributed by atoms with Crippen LogP contribution in [0.1, 0.15) is 120 Å². The van der Waals surface area contributed by atoms with E-state index in [2.05, 4.69) is 41.2 Å². The Labute approximate surface area is 338 Å². The molecule has 0 bridgehead atoms. The van der Waals surface area contributed by atoms with Crippen molar-refractivity contribution in [2.45, 2.75) is 103 Å². The fourth-order valence-corrected chi connectivity index (χ4v) is 5.75. The molecule has 4 rings (SSSR count). The highest BCUT2D eigenvalue weighted by Crippen LogP contribution is 2.15. The maximum Gasteiger partial charge on any atom is 0.329 e. The molecule has 0 saturated carbocycles. The van der Waals surface area contributed by atoms with E-state index in [1.165, 1.54) is 12.7 Å². The average molecular weight is 799 g/mol. The number of esters is 2. The monoisotopic (exact) mass is 798 g/mol. The van der Waals surface area contributed by atoms with Crippen LogP contribution in [0.15, 0.2) is 73.3 Å². The molecule has 2 atom stereocenters. The lowest BCUT2D eigenvalue weighted by molar-refractivity contribution is -0.158. The molecule has 16 nitrogen and oxygen atoms in total. The third-order valence-corrected chi connectivity index (χ3v) is 8.40. The largest absolute Gasteiger partial charge is 0.458 e. The van der Waals surface area contributed by atoms with Gasteiger partial charge in [0, 0.05) is 25.9 Å². The molecule has 58 heavy (non-hydrogen) atoms. The van der Waals surface area contributed by atoms with Crippen molar-refractivity contribution in [1.82, 2.24) is 41.2 Å². The maximum absolute atomic E-state index is 13.3. The molecule has 2 heterocycles. The van der Waals surface area contributed by atoms with E-state index in [1.807, 2.05) is 60.7 Å². The van der Waals surface area contributed by atoms with Crippen LogP contribution >= 0.6 is 0 Å². The molecule has 310 valence electrons. The zero-order valence-corrected chi connectivity index (χ0v) is 33.9. The topological polar surface area (TPSA) is 226 Å². The number of imidazole rings is 2. The lowest BCUT2D eigenvalue weighted by Gasteiger charge is -2.24. The number of hydrogen-bond acceptors (Lipinski definition) is 10. The highest BCUT2D eigenvalue weighted by molar-refractivity contribution is 6.06. The first kappa shape index (κ1) is 44.4. The lowest BCUT2D eigenvalue weighted by Crippen LogP contribution is -2.46. The van der Waals surface area contributed by atoms with Crippen molar-refractivity contribution in [3.63, 3.8) is 0 Å². The van der Waals surface area contributed by atoms with E-state index in [0.717, 1.165) is 24.0 Å². The lowest BCUT2D eigenvalue weighted by atomic mass is 10.1. The summed E-state index contributed by atoms with van der Waals surface area (Å²) in [6.45, 7) is 11.1. The van der Waals surface area contributed by atoms with Gasteiger partial charge in [0.15, 0.2) is 11.4 Å². The first-order valence-corrected chi connectivity index (χ1v) is 19.3. The molecule has 2 aromatic heterocycles. The van der Waals surface area contributed by atoms with E-state index in [9.17, 15) is 28.8 Å². The van der Waals surface area contributed by atoms with Crippen molar-refractivity contribution in [2.24, 2.45) is 0 Å². The SMILES string of the molecule is CC(C)(C)OC(=O)[C@H](Cc1ccccc1)NC(=O)c1nc[nH]c1C(=O)NCCCCCCNC(=O)c1[nH]cnc1C(=O)N[C@@H](Cc1ccccc1)C(=O)OC(C)(C)C. The van der Waals surface area contributed by atoms with Crippen molar-refractivity contribution in [3.05, 3.63) is 107 Å². The van der Waals surface area contributed by atoms with E-state index in [4.69, 9.17) is 9.47 Å². The Balaban J connectivity index is 1.20. The molecule has 16 heteroatoms. The number of unbranched alkanes of at least 4 members (excludes halogenated alkanes) is 3. The number of nitrogens with one attached hydrogen (secondary N) is 6. The summed E-state index contributed by atoms with van der Waals surface area (Å²) in [6.07, 6.45) is 5.56. The van der Waals surface area contributed by atoms with Gasteiger partial charge in [0.05, 0.1) is 12.7 Å². The maximum atomic E-state index is 13.3. The van der Waals surface area contributed by atoms with Gasteiger partial charge in [-0.1, -0.05) is 73.5 Å². The number of carbonyl (C=O) groups is 6. The number of rotatable bonds is 19. The fourth-order valence-electron chi connectivity index (χ4n) is 5.75. The average Bonchev–Trinajstić information content (AvgIpc) is 3.86. The summed E-state index contributed by atoms with van der Waals surface area (Å²) < 4.78 is 11.1. The highest BCUT2D eigenvalue weighted by atomic mass is 16.6. The summed E-state index contributed by atoms with van der Waals surface area (Å²) in [7, 11) is 0. The van der Waals surface area contributed by atoms with Gasteiger partial charge in [-0.25, -0.2) is 19.6 Å². The number of amides is 4. The smallest absolute Gasteiger partial charge is 0.329 e. The molecule has 0 saturated heterocycles. The highest BCUT2D eigenvalue weighted by Gasteiger charge is 2.31. The molecule has 0 unspecified atom stereocenters. The Morgan fingerprint density at radius 2 is 0.914 bits per heavy atom. The number of aromatic amines is 2. The predicted molar refractivity (Wildman–Crippen MR) is 215 cm³/mol. The summed E-state index contributed by atoms with van der Waals surface area (Å²) in [6, 6.07) is 16.4. The van der Waals surface area contributed by atoms with Crippen LogP contribution in [0.3, 0.4) is 0 Å². The van der Waals surface area contributed by atoms with E-state index in [0.29, 0.717) is 25.9 Å². The van der Waals surface area contributed by atoms with Gasteiger partial charge < -0.3 is 40.7 Å². The van der Waals surface area contributed by atoms with Gasteiger partial charge in [-0.2, -0.15) is 0 Å². The normalized spacial score (nSPS) is 12.4. The van der Waals surface area contributed by atoms with E-state index in [1.54, 1.807) is 41.5 Å². The number of nitrogens with zero attached hydrogens (tertiary/aromatic N) is 2. The first-order chi connectivity index (χ1) is 27.5. The van der Waals surface area contributed by atoms with Crippen LogP contribution in [0.5, 0.6) is 0 Å². The second kappa shape index (κ2) is 20.7. The summed E-state index contributed by atoms with van der Waals surface area (Å²) in [5, 5.41) is 10.9. The minimum atomic E-state index is -1.01. The second-order valence-corrected chi connectivity index (χ2v) is 15.7. The molecule has 0 aliphatic rings. The van der Waals surface area contributed by atoms with Gasteiger partial charge >= 0.3 is 11.9 Å². The molecule has 0 radical (unpaired) electrons. The molecule has 0 spiro atoms. The van der Waals surface area contributed by atoms with Gasteiger partial charge in [-0.3, -0.25) is 19.2 Å². The Kier molecular flexibility index (Phi) is 15.9. The molecular formula is C42H54N8O8. The van der Waals surface area contributed by atoms with Crippen LogP contribution in [-0.2, 0) is 31.9 Å². The molecule has 0 aliphatic heterocycles. The van der Waals surface area contributed by atoms with Gasteiger partial charge in [-0.05, 0) is 65.5 Å². The molecule has 2 aromatic carbocycles. The van der Waals surface area contributed by atoms with Crippen LogP contribution in [0.4, 0.5) is 0 Å². The zero-order valence-electron chi connectivity index (χ0n) is 33.9. The van der Waals surface area contributed by atoms with Crippen molar-refractivity contribution in [2.75, 3.05) is 13.1 Å². The Hall–Kier alpha value is -6.32. The minimum absolute atomic E-state index is 0.0359. The van der Waals surface area contributed by atoms with Crippen LogP contribution in [0, 0.1) is 0 Å². The van der Waals surface area contributed by atoms with Crippen molar-refractivity contribution >= 4 is 35.6 Å². The van der Waals surface area contributed by atoms with Gasteiger partial charge in [0.2, 0.25) is 0 Å². The molecule has 4 amide bonds. The van der Waals surface area contributed by atoms with Crippen molar-refractivity contribution in [1.29, 1.82) is 0 Å². The molecule has 4 aromatic rings. The number of aromatic nitrogens is 4. The van der Waals surface area contributed by atoms with Crippen LogP contribution < -0.4 is 21.3 Å². The number of H-pyrrole nitrogens is 2. The van der Waals surface area contributed by atoms with Crippen LogP contribution in [0.2, 0.25) is 0 Å². The van der Waals surface area contributed by atoms with Gasteiger partial charge in [0.25, 0.3) is 23.6 Å². The first-order valence-electron chi connectivity index (χ1n) is 19.3. The Bertz CT molecular complexity index is 1850. The Morgan fingerprint density at radius 3 is 1.26 bits per heavy atom. The van der Waals surface area contributed by atoms with Gasteiger partial charge in [-0.15, -0.1) is 0 Å². The van der Waals surface area contributed by atoms with E-state index in [-0.39, 0.29) is 35.6 Å². The summed E-state index contributed by atoms with van der Waals surface area (Å²) in [4.78, 5) is 92.1. The predicted octanol–water partition coefficient (Wildman–Crippen LogP) is 4.22.